The highest BCUT2D eigenvalue weighted by atomic mass is 16.4. The summed E-state index contributed by atoms with van der Waals surface area (Å²) in [7, 11) is 0. The van der Waals surface area contributed by atoms with E-state index < -0.39 is 291 Å². The fourth-order valence-electron chi connectivity index (χ4n) is 12.3. The number of nitrogens with two attached hydrogens (primary N) is 9. The summed E-state index contributed by atoms with van der Waals surface area (Å²) < 4.78 is 0. The molecule has 1 heterocycles. The highest BCUT2D eigenvalue weighted by Crippen LogP contribution is 2.21. The number of carboxylic acids is 2. The highest BCUT2D eigenvalue weighted by molar-refractivity contribution is 6.02. The molecule has 125 heavy (non-hydrogen) atoms. The molecule has 0 unspecified atom stereocenters. The summed E-state index contributed by atoms with van der Waals surface area (Å²) in [5.41, 5.74) is 49.8. The average molecular weight is 1780 g/mol. The molecule has 0 radical (unpaired) electrons. The van der Waals surface area contributed by atoms with Gasteiger partial charge in [0.1, 0.15) is 84.3 Å². The van der Waals surface area contributed by atoms with Gasteiger partial charge in [-0.3, -0.25) is 102 Å². The van der Waals surface area contributed by atoms with Crippen molar-refractivity contribution in [1.29, 1.82) is 10.8 Å². The van der Waals surface area contributed by atoms with Gasteiger partial charge in [0.05, 0.1) is 44.1 Å². The van der Waals surface area contributed by atoms with Crippen molar-refractivity contribution in [2.45, 2.75) is 246 Å². The molecule has 1 aromatic carbocycles. The van der Waals surface area contributed by atoms with Gasteiger partial charge in [-0.1, -0.05) is 12.1 Å². The lowest BCUT2D eigenvalue weighted by Gasteiger charge is -2.30. The van der Waals surface area contributed by atoms with E-state index in [0.29, 0.717) is 19.3 Å². The maximum Gasteiger partial charge on any atom is 0.326 e. The number of amides is 18. The number of carboxylic acid groups (broad SMARTS) is 2. The summed E-state index contributed by atoms with van der Waals surface area (Å²) in [5, 5.41) is 101. The van der Waals surface area contributed by atoms with E-state index in [2.05, 4.69) is 79.8 Å². The number of aliphatic hydroxyl groups is 2. The SMILES string of the molecule is C[C@H](NC(=O)[C@H](CCCCN)NC(=O)[C@@H](N)CC(=O)O)C(=O)N[C@@H](CCC(N)=O)C(=O)N1CCC[C@H]1C(=O)NCC(=O)N[C@H](C(=O)N[C@H](C(=O)N[C@@H](CC(N)=O)C(=O)N[C@@H](Cc1ccc(O)cc1)C(=O)N[C@@H](CCC(N)=O)C(=O)N[C@@H](CCCNC(=N)N)C(=O)N[C@@H](CC(N)=O)C(=O)N[C@@H](CCCCN)C(=O)N[C@@H](CCCNC(=N)N)C(=O)O)[C@@H](C)O)[C@@H](C)O. The van der Waals surface area contributed by atoms with Gasteiger partial charge in [-0.05, 0) is 141 Å². The number of primary amides is 4. The maximum atomic E-state index is 14.7. The van der Waals surface area contributed by atoms with E-state index >= 15 is 0 Å². The summed E-state index contributed by atoms with van der Waals surface area (Å²) in [4.78, 5) is 270. The zero-order chi connectivity index (χ0) is 94.5. The Bertz CT molecular complexity index is 3950. The predicted molar refractivity (Wildman–Crippen MR) is 438 cm³/mol. The minimum Gasteiger partial charge on any atom is -0.508 e. The fourth-order valence-corrected chi connectivity index (χ4v) is 12.3. The van der Waals surface area contributed by atoms with E-state index in [1.54, 1.807) is 0 Å². The number of hydrogen-bond donors (Lipinski definition) is 31. The van der Waals surface area contributed by atoms with Gasteiger partial charge in [-0.15, -0.1) is 0 Å². The first-order valence-electron chi connectivity index (χ1n) is 40.0. The van der Waals surface area contributed by atoms with E-state index in [0.717, 1.165) is 18.7 Å². The van der Waals surface area contributed by atoms with Crippen molar-refractivity contribution in [3.63, 3.8) is 0 Å². The van der Waals surface area contributed by atoms with Crippen LogP contribution < -0.4 is 131 Å². The molecule has 52 heteroatoms. The van der Waals surface area contributed by atoms with E-state index in [4.69, 9.17) is 67.5 Å². The van der Waals surface area contributed by atoms with Gasteiger partial charge >= 0.3 is 11.9 Å². The number of unbranched alkanes of at least 4 members (excludes halogenated alkanes) is 2. The summed E-state index contributed by atoms with van der Waals surface area (Å²) in [5.74, 6) is -24.7. The van der Waals surface area contributed by atoms with Crippen molar-refractivity contribution in [3.05, 3.63) is 29.8 Å². The number of phenolic OH excluding ortho intramolecular Hbond substituents is 1. The minimum atomic E-state index is -2.15. The molecule has 1 fully saturated rings. The van der Waals surface area contributed by atoms with Crippen LogP contribution in [0.5, 0.6) is 5.75 Å². The van der Waals surface area contributed by atoms with Gasteiger partial charge in [-0.2, -0.15) is 0 Å². The van der Waals surface area contributed by atoms with Crippen molar-refractivity contribution in [3.8, 4) is 5.75 Å². The predicted octanol–water partition coefficient (Wildman–Crippen LogP) is -13.4. The molecule has 1 aliphatic rings. The molecular weight excluding hydrogens is 1650 g/mol. The van der Waals surface area contributed by atoms with Gasteiger partial charge < -0.3 is 162 Å². The van der Waals surface area contributed by atoms with Crippen LogP contribution in [0.25, 0.3) is 0 Å². The molecule has 2 rings (SSSR count). The number of phenols is 1. The molecule has 52 nitrogen and oxygen atoms in total. The van der Waals surface area contributed by atoms with E-state index in [-0.39, 0.29) is 95.4 Å². The first-order valence-corrected chi connectivity index (χ1v) is 40.0. The van der Waals surface area contributed by atoms with Crippen LogP contribution in [0.15, 0.2) is 24.3 Å². The van der Waals surface area contributed by atoms with Crippen molar-refractivity contribution in [1.82, 2.24) is 84.7 Å². The Morgan fingerprint density at radius 2 is 0.816 bits per heavy atom. The molecule has 16 atom stereocenters. The van der Waals surface area contributed by atoms with Gasteiger partial charge in [0.15, 0.2) is 11.9 Å². The third-order valence-corrected chi connectivity index (χ3v) is 19.0. The summed E-state index contributed by atoms with van der Waals surface area (Å²) in [6.07, 6.45) is -8.80. The number of aliphatic carboxylic acids is 2. The number of aromatic hydroxyl groups is 1. The van der Waals surface area contributed by atoms with Gasteiger partial charge in [0.25, 0.3) is 0 Å². The number of aliphatic hydroxyl groups excluding tert-OH is 2. The van der Waals surface area contributed by atoms with E-state index in [1.165, 1.54) is 31.2 Å². The zero-order valence-corrected chi connectivity index (χ0v) is 69.5. The Hall–Kier alpha value is -13.2. The number of hydrogen-bond acceptors (Lipinski definition) is 28. The lowest BCUT2D eigenvalue weighted by Crippen LogP contribution is -2.63. The number of nitrogens with zero attached hydrogens (tertiary/aromatic N) is 1. The average Bonchev–Trinajstić information content (AvgIpc) is 1.74. The van der Waals surface area contributed by atoms with Crippen molar-refractivity contribution < 1.29 is 121 Å². The summed E-state index contributed by atoms with van der Waals surface area (Å²) in [6.45, 7) is 2.37. The first-order chi connectivity index (χ1) is 58.7. The number of nitrogens with one attached hydrogen (secondary N) is 17. The quantitative estimate of drug-likeness (QED) is 0.0164. The standard InChI is InChI=1S/C73H121N27O25/c1-34(88-60(113)40(11-4-6-24-74)89-59(112)39(76)30-55(109)110)58(111)93-44(21-23-51(78)105)70(123)100-28-10-15-49(100)67(120)87-33-54(108)98-56(35(2)101)69(122)99-57(36(3)102)68(121)97-48(32-53(80)107)66(119)95-46(29-37-16-18-38(103)19-17-37)64(117)92-43(20-22-50(77)104)63(116)90-42(13-8-26-85-72(81)82)62(115)96-47(31-52(79)106)65(118)91-41(12-5-7-25-75)61(114)94-45(71(124)125)14-9-27-86-73(83)84/h16-19,34-36,39-49,56-57,101-103H,4-15,20-33,74-76H2,1-3H3,(H2,77,104)(H2,78,105)(H2,79,106)(H2,80,107)(H,87,120)(H,88,113)(H,89,112)(H,90,116)(H,91,118)(H,92,117)(H,93,111)(H,94,114)(H,95,119)(H,96,115)(H,97,121)(H,98,108)(H,99,122)(H,109,110)(H,124,125)(H4,81,82,85)(H4,83,84,86)/t34-,35+,36+,39-,40-,41-,42-,43-,44-,45-,46-,47-,48-,49-,56-,57-/m0/s1. The molecule has 1 aliphatic heterocycles. The Morgan fingerprint density at radius 3 is 1.26 bits per heavy atom. The second-order valence-electron chi connectivity index (χ2n) is 29.5. The third-order valence-electron chi connectivity index (χ3n) is 19.0. The molecule has 1 aromatic rings. The van der Waals surface area contributed by atoms with Crippen LogP contribution >= 0.6 is 0 Å². The number of carbonyl (C=O) groups is 20. The van der Waals surface area contributed by atoms with Gasteiger partial charge in [0.2, 0.25) is 106 Å². The Labute approximate surface area is 717 Å². The normalized spacial score (nSPS) is 15.8. The lowest BCUT2D eigenvalue weighted by atomic mass is 10.0. The van der Waals surface area contributed by atoms with Crippen molar-refractivity contribution >= 4 is 130 Å². The summed E-state index contributed by atoms with van der Waals surface area (Å²) in [6, 6.07) is -19.2. The lowest BCUT2D eigenvalue weighted by molar-refractivity contribution is -0.142. The van der Waals surface area contributed by atoms with Crippen LogP contribution in [-0.4, -0.2) is 297 Å². The van der Waals surface area contributed by atoms with Crippen molar-refractivity contribution in [2.24, 2.45) is 51.6 Å². The smallest absolute Gasteiger partial charge is 0.326 e. The van der Waals surface area contributed by atoms with Crippen LogP contribution in [0.1, 0.15) is 148 Å². The molecule has 0 spiro atoms. The minimum absolute atomic E-state index is 0.0142. The molecule has 0 aromatic heterocycles. The number of carbonyl (C=O) groups excluding carboxylic acids is 18. The number of guanidine groups is 2. The number of rotatable bonds is 60. The molecule has 18 amide bonds. The highest BCUT2D eigenvalue weighted by Gasteiger charge is 2.42. The summed E-state index contributed by atoms with van der Waals surface area (Å²) >= 11 is 0. The maximum absolute atomic E-state index is 14.7. The van der Waals surface area contributed by atoms with E-state index in [9.17, 15) is 116 Å². The third kappa shape index (κ3) is 41.5. The van der Waals surface area contributed by atoms with Gasteiger partial charge in [0, 0.05) is 38.9 Å². The van der Waals surface area contributed by atoms with Crippen LogP contribution in [0, 0.1) is 10.8 Å². The molecular formula is C73H121N27O25. The fraction of sp³-hybridized carbons (Fsp3) is 0.616. The Kier molecular flexibility index (Phi) is 48.1. The monoisotopic (exact) mass is 1780 g/mol. The Morgan fingerprint density at radius 1 is 0.432 bits per heavy atom. The molecule has 698 valence electrons. The molecule has 0 aliphatic carbocycles. The van der Waals surface area contributed by atoms with Crippen LogP contribution in [0.3, 0.4) is 0 Å². The van der Waals surface area contributed by atoms with Gasteiger partial charge in [-0.25, -0.2) is 4.79 Å². The zero-order valence-electron chi connectivity index (χ0n) is 69.5. The topological polar surface area (TPSA) is 908 Å². The Balaban J connectivity index is 2.48. The van der Waals surface area contributed by atoms with Crippen LogP contribution in [0.4, 0.5) is 0 Å². The number of likely N-dealkylation sites (tertiary alicyclic amines) is 1. The van der Waals surface area contributed by atoms with Crippen molar-refractivity contribution in [2.75, 3.05) is 39.3 Å². The number of benzene rings is 1. The van der Waals surface area contributed by atoms with Crippen LogP contribution in [-0.2, 0) is 102 Å². The molecule has 0 saturated carbocycles. The van der Waals surface area contributed by atoms with E-state index in [1.807, 2.05) is 0 Å². The largest absolute Gasteiger partial charge is 0.508 e. The molecule has 40 N–H and O–H groups in total. The van der Waals surface area contributed by atoms with Crippen LogP contribution in [0.2, 0.25) is 0 Å². The first kappa shape index (κ1) is 108. The second-order valence-corrected chi connectivity index (χ2v) is 29.5. The molecule has 0 bridgehead atoms. The molecule has 1 saturated heterocycles. The second kappa shape index (κ2) is 55.7.